The van der Waals surface area contributed by atoms with Crippen LogP contribution in [-0.4, -0.2) is 29.7 Å². The van der Waals surface area contributed by atoms with E-state index in [0.717, 1.165) is 12.1 Å². The number of halogens is 3. The first-order chi connectivity index (χ1) is 9.31. The van der Waals surface area contributed by atoms with Crippen LogP contribution in [0.15, 0.2) is 18.2 Å². The second kappa shape index (κ2) is 6.56. The lowest BCUT2D eigenvalue weighted by Gasteiger charge is -2.24. The number of nitro groups is 1. The van der Waals surface area contributed by atoms with Gasteiger partial charge < -0.3 is 10.0 Å². The fourth-order valence-electron chi connectivity index (χ4n) is 1.87. The third kappa shape index (κ3) is 3.83. The quantitative estimate of drug-likeness (QED) is 0.646. The molecular formula is C12H15F3N2O3. The molecule has 0 bridgehead atoms. The van der Waals surface area contributed by atoms with Crippen LogP contribution in [0.4, 0.5) is 24.5 Å². The van der Waals surface area contributed by atoms with Gasteiger partial charge in [-0.2, -0.15) is 13.2 Å². The van der Waals surface area contributed by atoms with E-state index >= 15 is 0 Å². The molecule has 20 heavy (non-hydrogen) atoms. The van der Waals surface area contributed by atoms with E-state index in [0.29, 0.717) is 13.0 Å². The Hall–Kier alpha value is -1.83. The topological polar surface area (TPSA) is 66.6 Å². The highest BCUT2D eigenvalue weighted by molar-refractivity contribution is 5.56. The van der Waals surface area contributed by atoms with Crippen LogP contribution in [-0.2, 0) is 6.18 Å². The number of hydrogen-bond donors (Lipinski definition) is 1. The molecular weight excluding hydrogens is 277 g/mol. The average Bonchev–Trinajstić information content (AvgIpc) is 2.36. The van der Waals surface area contributed by atoms with Crippen LogP contribution in [0.2, 0.25) is 0 Å². The number of nitro benzene ring substituents is 1. The molecule has 8 heteroatoms. The Morgan fingerprint density at radius 2 is 2.00 bits per heavy atom. The molecule has 0 spiro atoms. The predicted octanol–water partition coefficient (Wildman–Crippen LogP) is 2.82. The summed E-state index contributed by atoms with van der Waals surface area (Å²) in [7, 11) is 0. The number of nitrogens with zero attached hydrogens (tertiary/aromatic N) is 2. The summed E-state index contributed by atoms with van der Waals surface area (Å²) in [4.78, 5) is 11.2. The van der Waals surface area contributed by atoms with Crippen molar-refractivity contribution in [3.8, 4) is 0 Å². The summed E-state index contributed by atoms with van der Waals surface area (Å²) in [5.41, 5.74) is -2.04. The molecule has 5 nitrogen and oxygen atoms in total. The molecule has 0 aliphatic heterocycles. The van der Waals surface area contributed by atoms with Crippen molar-refractivity contribution in [1.82, 2.24) is 0 Å². The van der Waals surface area contributed by atoms with Crippen molar-refractivity contribution in [1.29, 1.82) is 0 Å². The molecule has 0 radical (unpaired) electrons. The fourth-order valence-corrected chi connectivity index (χ4v) is 1.87. The average molecular weight is 292 g/mol. The summed E-state index contributed by atoms with van der Waals surface area (Å²) in [5, 5.41) is 19.6. The van der Waals surface area contributed by atoms with E-state index in [1.54, 1.807) is 4.90 Å². The van der Waals surface area contributed by atoms with Gasteiger partial charge in [0.15, 0.2) is 0 Å². The van der Waals surface area contributed by atoms with E-state index in [1.807, 2.05) is 6.92 Å². The molecule has 1 aromatic rings. The predicted molar refractivity (Wildman–Crippen MR) is 67.7 cm³/mol. The lowest BCUT2D eigenvalue weighted by Crippen LogP contribution is -2.27. The highest BCUT2D eigenvalue weighted by Crippen LogP contribution is 2.38. The van der Waals surface area contributed by atoms with Crippen molar-refractivity contribution in [2.45, 2.75) is 19.5 Å². The fraction of sp³-hybridized carbons (Fsp3) is 0.500. The Morgan fingerprint density at radius 1 is 1.35 bits per heavy atom. The summed E-state index contributed by atoms with van der Waals surface area (Å²) in [6, 6.07) is 2.86. The first-order valence-electron chi connectivity index (χ1n) is 6.02. The molecule has 0 saturated heterocycles. The van der Waals surface area contributed by atoms with Gasteiger partial charge in [-0.25, -0.2) is 0 Å². The summed E-state index contributed by atoms with van der Waals surface area (Å²) >= 11 is 0. The standard InChI is InChI=1S/C12H15F3N2O3/c1-2-5-16(6-7-18)9-3-4-11(17(19)20)10(8-9)12(13,14)15/h3-4,8,18H,2,5-7H2,1H3. The number of aliphatic hydroxyl groups is 1. The Balaban J connectivity index is 3.27. The second-order valence-corrected chi connectivity index (χ2v) is 4.17. The Labute approximate surface area is 113 Å². The lowest BCUT2D eigenvalue weighted by atomic mass is 10.1. The summed E-state index contributed by atoms with van der Waals surface area (Å²) in [5.74, 6) is 0. The zero-order valence-electron chi connectivity index (χ0n) is 10.9. The Kier molecular flexibility index (Phi) is 5.32. The third-order valence-corrected chi connectivity index (χ3v) is 2.71. The van der Waals surface area contributed by atoms with Gasteiger partial charge in [-0.3, -0.25) is 10.1 Å². The minimum Gasteiger partial charge on any atom is -0.395 e. The smallest absolute Gasteiger partial charge is 0.395 e. The summed E-state index contributed by atoms with van der Waals surface area (Å²) < 4.78 is 38.6. The highest BCUT2D eigenvalue weighted by atomic mass is 19.4. The molecule has 0 saturated carbocycles. The summed E-state index contributed by atoms with van der Waals surface area (Å²) in [6.45, 7) is 2.26. The van der Waals surface area contributed by atoms with Crippen LogP contribution in [0, 0.1) is 10.1 Å². The Morgan fingerprint density at radius 3 is 2.45 bits per heavy atom. The molecule has 0 atom stereocenters. The van der Waals surface area contributed by atoms with Gasteiger partial charge in [-0.1, -0.05) is 6.92 Å². The van der Waals surface area contributed by atoms with E-state index in [2.05, 4.69) is 0 Å². The molecule has 112 valence electrons. The van der Waals surface area contributed by atoms with Crippen LogP contribution in [0.3, 0.4) is 0 Å². The zero-order valence-corrected chi connectivity index (χ0v) is 10.9. The molecule has 1 N–H and O–H groups in total. The van der Waals surface area contributed by atoms with Crippen LogP contribution < -0.4 is 4.90 Å². The molecule has 0 heterocycles. The number of hydrogen-bond acceptors (Lipinski definition) is 4. The monoisotopic (exact) mass is 292 g/mol. The molecule has 0 aromatic heterocycles. The van der Waals surface area contributed by atoms with Crippen molar-refractivity contribution >= 4 is 11.4 Å². The molecule has 0 amide bonds. The van der Waals surface area contributed by atoms with E-state index in [9.17, 15) is 23.3 Å². The van der Waals surface area contributed by atoms with Crippen molar-refractivity contribution in [2.24, 2.45) is 0 Å². The maximum Gasteiger partial charge on any atom is 0.423 e. The molecule has 0 aliphatic carbocycles. The number of rotatable bonds is 6. The minimum absolute atomic E-state index is 0.170. The van der Waals surface area contributed by atoms with Crippen LogP contribution in [0.1, 0.15) is 18.9 Å². The molecule has 0 fully saturated rings. The van der Waals surface area contributed by atoms with Gasteiger partial charge >= 0.3 is 6.18 Å². The summed E-state index contributed by atoms with van der Waals surface area (Å²) in [6.07, 6.45) is -4.12. The first kappa shape index (κ1) is 16.2. The zero-order chi connectivity index (χ0) is 15.3. The van der Waals surface area contributed by atoms with E-state index in [1.165, 1.54) is 6.07 Å². The van der Waals surface area contributed by atoms with Gasteiger partial charge in [-0.15, -0.1) is 0 Å². The number of aliphatic hydroxyl groups excluding tert-OH is 1. The third-order valence-electron chi connectivity index (χ3n) is 2.71. The molecule has 1 rings (SSSR count). The van der Waals surface area contributed by atoms with E-state index < -0.39 is 22.4 Å². The number of anilines is 1. The molecule has 0 unspecified atom stereocenters. The van der Waals surface area contributed by atoms with Crippen molar-refractivity contribution < 1.29 is 23.2 Å². The van der Waals surface area contributed by atoms with Crippen molar-refractivity contribution in [3.63, 3.8) is 0 Å². The van der Waals surface area contributed by atoms with Gasteiger partial charge in [0.1, 0.15) is 5.56 Å². The van der Waals surface area contributed by atoms with E-state index in [-0.39, 0.29) is 18.8 Å². The van der Waals surface area contributed by atoms with Gasteiger partial charge in [0, 0.05) is 24.8 Å². The highest BCUT2D eigenvalue weighted by Gasteiger charge is 2.38. The maximum atomic E-state index is 12.9. The van der Waals surface area contributed by atoms with Crippen LogP contribution in [0.5, 0.6) is 0 Å². The maximum absolute atomic E-state index is 12.9. The SMILES string of the molecule is CCCN(CCO)c1ccc([N+](=O)[O-])c(C(F)(F)F)c1. The second-order valence-electron chi connectivity index (χ2n) is 4.17. The van der Waals surface area contributed by atoms with Crippen molar-refractivity contribution in [2.75, 3.05) is 24.6 Å². The van der Waals surface area contributed by atoms with E-state index in [4.69, 9.17) is 5.11 Å². The van der Waals surface area contributed by atoms with Gasteiger partial charge in [0.05, 0.1) is 11.5 Å². The van der Waals surface area contributed by atoms with Gasteiger partial charge in [0.2, 0.25) is 0 Å². The minimum atomic E-state index is -4.80. The van der Waals surface area contributed by atoms with Crippen LogP contribution >= 0.6 is 0 Å². The molecule has 1 aromatic carbocycles. The molecule has 0 aliphatic rings. The van der Waals surface area contributed by atoms with Gasteiger partial charge in [0.25, 0.3) is 5.69 Å². The Bertz CT molecular complexity index is 472. The normalized spacial score (nSPS) is 11.4. The largest absolute Gasteiger partial charge is 0.423 e. The lowest BCUT2D eigenvalue weighted by molar-refractivity contribution is -0.388. The number of benzene rings is 1. The first-order valence-corrected chi connectivity index (χ1v) is 6.02. The van der Waals surface area contributed by atoms with Gasteiger partial charge in [-0.05, 0) is 18.6 Å². The van der Waals surface area contributed by atoms with Crippen LogP contribution in [0.25, 0.3) is 0 Å². The number of alkyl halides is 3. The van der Waals surface area contributed by atoms with Crippen molar-refractivity contribution in [3.05, 3.63) is 33.9 Å².